The molecule has 2 N–H and O–H groups in total. The van der Waals surface area contributed by atoms with Crippen LogP contribution >= 0.6 is 0 Å². The van der Waals surface area contributed by atoms with Gasteiger partial charge in [-0.1, -0.05) is 24.3 Å². The lowest BCUT2D eigenvalue weighted by Crippen LogP contribution is -2.36. The van der Waals surface area contributed by atoms with Crippen LogP contribution in [-0.2, 0) is 0 Å². The number of nitrogens with one attached hydrogen (secondary N) is 2. The highest BCUT2D eigenvalue weighted by Gasteiger charge is 2.34. The standard InChI is InChI=1S/C25H30N2O3/c1-15(19-9-5-13-26-19)29-21-11-4-8-18-23(21)17-7-3-12-22(24(17)25(18)28)30-16(2)20-10-6-14-27-20/h3-4,7-8,11-12,15-16,19-20,26-27H,5-6,9-10,13-14H2,1-2H3. The summed E-state index contributed by atoms with van der Waals surface area (Å²) < 4.78 is 12.7. The summed E-state index contributed by atoms with van der Waals surface area (Å²) in [7, 11) is 0. The number of carbonyl (C=O) groups excluding carboxylic acids is 1. The fourth-order valence-corrected chi connectivity index (χ4v) is 5.09. The molecule has 2 aromatic rings. The normalized spacial score (nSPS) is 24.4. The second-order valence-corrected chi connectivity index (χ2v) is 8.74. The van der Waals surface area contributed by atoms with Gasteiger partial charge in [-0.15, -0.1) is 0 Å². The van der Waals surface area contributed by atoms with E-state index in [0.29, 0.717) is 29.0 Å². The Morgan fingerprint density at radius 3 is 1.87 bits per heavy atom. The van der Waals surface area contributed by atoms with Crippen molar-refractivity contribution in [2.75, 3.05) is 13.1 Å². The minimum absolute atomic E-state index is 0.0136. The van der Waals surface area contributed by atoms with E-state index in [4.69, 9.17) is 9.47 Å². The summed E-state index contributed by atoms with van der Waals surface area (Å²) >= 11 is 0. The minimum Gasteiger partial charge on any atom is -0.488 e. The third-order valence-electron chi connectivity index (χ3n) is 6.75. The van der Waals surface area contributed by atoms with Gasteiger partial charge in [-0.05, 0) is 64.8 Å². The van der Waals surface area contributed by atoms with E-state index in [9.17, 15) is 4.79 Å². The smallest absolute Gasteiger partial charge is 0.198 e. The van der Waals surface area contributed by atoms with Crippen LogP contribution < -0.4 is 20.1 Å². The SMILES string of the molecule is CC(Oc1cccc2c1C(=O)c1cccc(OC(C)C3CCCN3)c1-2)C1CCCN1. The fraction of sp³-hybridized carbons (Fsp3) is 0.480. The number of ether oxygens (including phenoxy) is 2. The van der Waals surface area contributed by atoms with E-state index in [-0.39, 0.29) is 18.0 Å². The number of benzene rings is 2. The van der Waals surface area contributed by atoms with Gasteiger partial charge in [0.25, 0.3) is 0 Å². The van der Waals surface area contributed by atoms with Gasteiger partial charge in [-0.3, -0.25) is 4.79 Å². The average Bonchev–Trinajstić information content (AvgIpc) is 3.51. The van der Waals surface area contributed by atoms with Gasteiger partial charge in [-0.2, -0.15) is 0 Å². The molecule has 0 amide bonds. The van der Waals surface area contributed by atoms with Crippen molar-refractivity contribution in [3.05, 3.63) is 47.5 Å². The molecule has 1 aliphatic carbocycles. The summed E-state index contributed by atoms with van der Waals surface area (Å²) in [6.07, 6.45) is 4.64. The van der Waals surface area contributed by atoms with Crippen LogP contribution in [-0.4, -0.2) is 43.2 Å². The number of ketones is 1. The zero-order valence-corrected chi connectivity index (χ0v) is 17.7. The van der Waals surface area contributed by atoms with Crippen LogP contribution in [0.15, 0.2) is 36.4 Å². The molecule has 5 rings (SSSR count). The highest BCUT2D eigenvalue weighted by atomic mass is 16.5. The lowest BCUT2D eigenvalue weighted by Gasteiger charge is -2.23. The van der Waals surface area contributed by atoms with Crippen LogP contribution in [0.4, 0.5) is 0 Å². The van der Waals surface area contributed by atoms with Crippen molar-refractivity contribution in [2.45, 2.75) is 63.8 Å². The molecule has 5 heteroatoms. The molecule has 0 radical (unpaired) electrons. The molecule has 2 saturated heterocycles. The molecule has 0 spiro atoms. The van der Waals surface area contributed by atoms with Crippen LogP contribution in [0.1, 0.15) is 55.5 Å². The van der Waals surface area contributed by atoms with Crippen LogP contribution in [0.5, 0.6) is 11.5 Å². The molecule has 2 aromatic carbocycles. The third-order valence-corrected chi connectivity index (χ3v) is 6.75. The molecule has 4 atom stereocenters. The first-order valence-corrected chi connectivity index (χ1v) is 11.2. The van der Waals surface area contributed by atoms with Crippen LogP contribution in [0.3, 0.4) is 0 Å². The van der Waals surface area contributed by atoms with Crippen molar-refractivity contribution < 1.29 is 14.3 Å². The molecule has 2 fully saturated rings. The molecule has 5 nitrogen and oxygen atoms in total. The molecular formula is C25H30N2O3. The maximum Gasteiger partial charge on any atom is 0.198 e. The van der Waals surface area contributed by atoms with Gasteiger partial charge in [0, 0.05) is 28.8 Å². The Kier molecular flexibility index (Phi) is 5.25. The van der Waals surface area contributed by atoms with Gasteiger partial charge < -0.3 is 20.1 Å². The van der Waals surface area contributed by atoms with Gasteiger partial charge in [0.2, 0.25) is 0 Å². The summed E-state index contributed by atoms with van der Waals surface area (Å²) in [5.74, 6) is 1.48. The number of carbonyl (C=O) groups is 1. The van der Waals surface area contributed by atoms with E-state index in [2.05, 4.69) is 24.5 Å². The third kappa shape index (κ3) is 3.40. The van der Waals surface area contributed by atoms with E-state index >= 15 is 0 Å². The number of hydrogen-bond donors (Lipinski definition) is 2. The van der Waals surface area contributed by atoms with Crippen molar-refractivity contribution in [3.8, 4) is 22.6 Å². The van der Waals surface area contributed by atoms with Crippen molar-refractivity contribution in [3.63, 3.8) is 0 Å². The van der Waals surface area contributed by atoms with Gasteiger partial charge in [0.1, 0.15) is 23.7 Å². The van der Waals surface area contributed by atoms with Crippen molar-refractivity contribution >= 4 is 5.78 Å². The number of hydrogen-bond acceptors (Lipinski definition) is 5. The molecular weight excluding hydrogens is 376 g/mol. The van der Waals surface area contributed by atoms with Gasteiger partial charge >= 0.3 is 0 Å². The molecule has 30 heavy (non-hydrogen) atoms. The first-order valence-electron chi connectivity index (χ1n) is 11.2. The Balaban J connectivity index is 1.46. The van der Waals surface area contributed by atoms with Crippen LogP contribution in [0, 0.1) is 0 Å². The Bertz CT molecular complexity index is 945. The molecule has 0 bridgehead atoms. The topological polar surface area (TPSA) is 59.6 Å². The zero-order chi connectivity index (χ0) is 20.7. The Labute approximate surface area is 178 Å². The lowest BCUT2D eigenvalue weighted by molar-refractivity contribution is 0.103. The fourth-order valence-electron chi connectivity index (χ4n) is 5.09. The quantitative estimate of drug-likeness (QED) is 0.649. The molecule has 2 aliphatic heterocycles. The lowest BCUT2D eigenvalue weighted by atomic mass is 10.0. The van der Waals surface area contributed by atoms with E-state index < -0.39 is 0 Å². The van der Waals surface area contributed by atoms with Crippen LogP contribution in [0.2, 0.25) is 0 Å². The average molecular weight is 407 g/mol. The predicted octanol–water partition coefficient (Wildman–Crippen LogP) is 3.94. The first kappa shape index (κ1) is 19.6. The largest absolute Gasteiger partial charge is 0.488 e. The maximum absolute atomic E-state index is 13.3. The van der Waals surface area contributed by atoms with E-state index in [0.717, 1.165) is 42.8 Å². The predicted molar refractivity (Wildman–Crippen MR) is 118 cm³/mol. The summed E-state index contributed by atoms with van der Waals surface area (Å²) in [6.45, 7) is 6.27. The Hall–Kier alpha value is -2.37. The van der Waals surface area contributed by atoms with E-state index in [1.807, 2.05) is 36.4 Å². The summed E-state index contributed by atoms with van der Waals surface area (Å²) in [5, 5.41) is 7.01. The number of fused-ring (bicyclic) bond motifs is 3. The maximum atomic E-state index is 13.3. The Morgan fingerprint density at radius 1 is 0.800 bits per heavy atom. The van der Waals surface area contributed by atoms with Gasteiger partial charge in [0.05, 0.1) is 5.56 Å². The van der Waals surface area contributed by atoms with E-state index in [1.54, 1.807) is 0 Å². The van der Waals surface area contributed by atoms with Gasteiger partial charge in [-0.25, -0.2) is 0 Å². The summed E-state index contributed by atoms with van der Waals surface area (Å²) in [5.41, 5.74) is 3.19. The summed E-state index contributed by atoms with van der Waals surface area (Å²) in [4.78, 5) is 13.3. The first-order chi connectivity index (χ1) is 14.6. The number of rotatable bonds is 6. The van der Waals surface area contributed by atoms with Crippen molar-refractivity contribution in [2.24, 2.45) is 0 Å². The molecule has 158 valence electrons. The zero-order valence-electron chi connectivity index (χ0n) is 17.7. The molecule has 3 aliphatic rings. The second-order valence-electron chi connectivity index (χ2n) is 8.74. The minimum atomic E-state index is 0.0136. The van der Waals surface area contributed by atoms with E-state index in [1.165, 1.54) is 12.8 Å². The summed E-state index contributed by atoms with van der Waals surface area (Å²) in [6, 6.07) is 12.4. The van der Waals surface area contributed by atoms with Crippen LogP contribution in [0.25, 0.3) is 11.1 Å². The monoisotopic (exact) mass is 406 g/mol. The highest BCUT2D eigenvalue weighted by Crippen LogP contribution is 2.46. The molecule has 2 heterocycles. The highest BCUT2D eigenvalue weighted by molar-refractivity contribution is 6.24. The molecule has 4 unspecified atom stereocenters. The Morgan fingerprint density at radius 2 is 1.33 bits per heavy atom. The molecule has 0 saturated carbocycles. The van der Waals surface area contributed by atoms with Crippen molar-refractivity contribution in [1.29, 1.82) is 0 Å². The van der Waals surface area contributed by atoms with Crippen molar-refractivity contribution in [1.82, 2.24) is 10.6 Å². The molecule has 0 aromatic heterocycles. The van der Waals surface area contributed by atoms with Gasteiger partial charge in [0.15, 0.2) is 5.78 Å². The second kappa shape index (κ2) is 8.05.